The van der Waals surface area contributed by atoms with Gasteiger partial charge in [-0.15, -0.1) is 0 Å². The van der Waals surface area contributed by atoms with Crippen molar-refractivity contribution < 1.29 is 14.0 Å². The zero-order valence-corrected chi connectivity index (χ0v) is 16.4. The van der Waals surface area contributed by atoms with Gasteiger partial charge in [0.05, 0.1) is 6.54 Å². The maximum absolute atomic E-state index is 13.3. The molecule has 1 heterocycles. The van der Waals surface area contributed by atoms with Crippen molar-refractivity contribution in [1.82, 2.24) is 20.7 Å². The molecule has 154 valence electrons. The molecule has 0 aliphatic heterocycles. The number of hydrogen-bond acceptors (Lipinski definition) is 3. The minimum Gasteiger partial charge on any atom is -0.333 e. The van der Waals surface area contributed by atoms with Crippen molar-refractivity contribution in [1.29, 1.82) is 0 Å². The van der Waals surface area contributed by atoms with Crippen LogP contribution in [-0.4, -0.2) is 16.5 Å². The molecule has 0 radical (unpaired) electrons. The number of nitrogens with zero attached hydrogens (tertiary/aromatic N) is 1. The molecule has 0 unspecified atom stereocenters. The second-order valence-electron chi connectivity index (χ2n) is 6.37. The van der Waals surface area contributed by atoms with E-state index in [-0.39, 0.29) is 18.7 Å². The normalized spacial score (nSPS) is 10.3. The third kappa shape index (κ3) is 5.68. The Kier molecular flexibility index (Phi) is 6.82. The highest BCUT2D eigenvalue weighted by molar-refractivity contribution is 6.30. The molecule has 0 saturated carbocycles. The van der Waals surface area contributed by atoms with Gasteiger partial charge < -0.3 is 9.88 Å². The number of amides is 3. The fourth-order valence-corrected chi connectivity index (χ4v) is 2.80. The topological polar surface area (TPSA) is 92.2 Å². The van der Waals surface area contributed by atoms with E-state index in [9.17, 15) is 18.8 Å². The number of aromatic nitrogens is 1. The quantitative estimate of drug-likeness (QED) is 0.546. The SMILES string of the molecule is O=C(NCc1ccc(Cl)cc1)NNC(=O)c1cccn(Cc2cccc(F)c2)c1=O. The Hall–Kier alpha value is -3.65. The van der Waals surface area contributed by atoms with E-state index in [2.05, 4.69) is 16.2 Å². The van der Waals surface area contributed by atoms with Gasteiger partial charge in [-0.2, -0.15) is 0 Å². The number of urea groups is 1. The summed E-state index contributed by atoms with van der Waals surface area (Å²) in [5, 5.41) is 3.15. The van der Waals surface area contributed by atoms with Crippen LogP contribution in [0.2, 0.25) is 5.02 Å². The standard InChI is InChI=1S/C21H18ClFN4O3/c22-16-8-6-14(7-9-16)12-24-21(30)26-25-19(28)18-5-2-10-27(20(18)29)13-15-3-1-4-17(23)11-15/h1-11H,12-13H2,(H,25,28)(H2,24,26,30). The number of pyridine rings is 1. The predicted octanol–water partition coefficient (Wildman–Crippen LogP) is 2.83. The monoisotopic (exact) mass is 428 g/mol. The summed E-state index contributed by atoms with van der Waals surface area (Å²) in [7, 11) is 0. The van der Waals surface area contributed by atoms with Crippen molar-refractivity contribution in [3.05, 3.63) is 105 Å². The summed E-state index contributed by atoms with van der Waals surface area (Å²) in [5.41, 5.74) is 5.06. The Morgan fingerprint density at radius 2 is 1.73 bits per heavy atom. The summed E-state index contributed by atoms with van der Waals surface area (Å²) in [5.74, 6) is -1.18. The first-order chi connectivity index (χ1) is 14.4. The summed E-state index contributed by atoms with van der Waals surface area (Å²) in [6.07, 6.45) is 1.50. The average Bonchev–Trinajstić information content (AvgIpc) is 2.73. The van der Waals surface area contributed by atoms with Gasteiger partial charge >= 0.3 is 6.03 Å². The molecular formula is C21H18ClFN4O3. The largest absolute Gasteiger partial charge is 0.333 e. The molecule has 3 amide bonds. The van der Waals surface area contributed by atoms with E-state index in [4.69, 9.17) is 11.6 Å². The predicted molar refractivity (Wildman–Crippen MR) is 110 cm³/mol. The fraction of sp³-hybridized carbons (Fsp3) is 0.0952. The molecule has 3 rings (SSSR count). The van der Waals surface area contributed by atoms with Gasteiger partial charge in [0.1, 0.15) is 11.4 Å². The molecule has 9 heteroatoms. The number of nitrogens with one attached hydrogen (secondary N) is 3. The van der Waals surface area contributed by atoms with Crippen LogP contribution in [0.5, 0.6) is 0 Å². The van der Waals surface area contributed by atoms with Crippen LogP contribution in [0, 0.1) is 5.82 Å². The molecule has 0 aliphatic rings. The first-order valence-corrected chi connectivity index (χ1v) is 9.33. The fourth-order valence-electron chi connectivity index (χ4n) is 2.68. The number of benzene rings is 2. The number of rotatable bonds is 5. The van der Waals surface area contributed by atoms with Gasteiger partial charge in [-0.25, -0.2) is 14.6 Å². The lowest BCUT2D eigenvalue weighted by molar-refractivity contribution is 0.0934. The molecule has 0 bridgehead atoms. The van der Waals surface area contributed by atoms with E-state index in [0.717, 1.165) is 5.56 Å². The van der Waals surface area contributed by atoms with Crippen LogP contribution in [0.25, 0.3) is 0 Å². The van der Waals surface area contributed by atoms with Crippen molar-refractivity contribution in [2.45, 2.75) is 13.1 Å². The van der Waals surface area contributed by atoms with Gasteiger partial charge in [0.25, 0.3) is 11.5 Å². The third-order valence-corrected chi connectivity index (χ3v) is 4.41. The minimum atomic E-state index is -0.768. The van der Waals surface area contributed by atoms with Crippen molar-refractivity contribution in [2.24, 2.45) is 0 Å². The molecule has 0 saturated heterocycles. The van der Waals surface area contributed by atoms with E-state index >= 15 is 0 Å². The first-order valence-electron chi connectivity index (χ1n) is 8.95. The Morgan fingerprint density at radius 1 is 0.967 bits per heavy atom. The third-order valence-electron chi connectivity index (χ3n) is 4.16. The van der Waals surface area contributed by atoms with Gasteiger partial charge in [0, 0.05) is 17.8 Å². The van der Waals surface area contributed by atoms with Gasteiger partial charge in [-0.05, 0) is 47.5 Å². The second-order valence-corrected chi connectivity index (χ2v) is 6.81. The van der Waals surface area contributed by atoms with Crippen LogP contribution < -0.4 is 21.7 Å². The maximum atomic E-state index is 13.3. The van der Waals surface area contributed by atoms with Crippen molar-refractivity contribution in [2.75, 3.05) is 0 Å². The molecule has 1 aromatic heterocycles. The summed E-state index contributed by atoms with van der Waals surface area (Å²) < 4.78 is 14.6. The van der Waals surface area contributed by atoms with Crippen LogP contribution in [0.3, 0.4) is 0 Å². The summed E-state index contributed by atoms with van der Waals surface area (Å²) in [6.45, 7) is 0.331. The molecular weight excluding hydrogens is 411 g/mol. The van der Waals surface area contributed by atoms with Gasteiger partial charge in [0.2, 0.25) is 0 Å². The Bertz CT molecular complexity index is 1120. The van der Waals surface area contributed by atoms with E-state index in [1.165, 1.54) is 35.0 Å². The van der Waals surface area contributed by atoms with Gasteiger partial charge in [-0.3, -0.25) is 15.0 Å². The molecule has 0 aliphatic carbocycles. The van der Waals surface area contributed by atoms with Crippen LogP contribution in [0.4, 0.5) is 9.18 Å². The zero-order chi connectivity index (χ0) is 21.5. The molecule has 0 fully saturated rings. The van der Waals surface area contributed by atoms with Crippen molar-refractivity contribution >= 4 is 23.5 Å². The van der Waals surface area contributed by atoms with Crippen LogP contribution in [-0.2, 0) is 13.1 Å². The molecule has 3 aromatic rings. The van der Waals surface area contributed by atoms with Crippen molar-refractivity contribution in [3.63, 3.8) is 0 Å². The number of carbonyl (C=O) groups excluding carboxylic acids is 2. The van der Waals surface area contributed by atoms with E-state index < -0.39 is 23.3 Å². The van der Waals surface area contributed by atoms with Gasteiger partial charge in [0.15, 0.2) is 0 Å². The second kappa shape index (κ2) is 9.71. The zero-order valence-electron chi connectivity index (χ0n) is 15.7. The van der Waals surface area contributed by atoms with E-state index in [0.29, 0.717) is 10.6 Å². The van der Waals surface area contributed by atoms with Gasteiger partial charge in [-0.1, -0.05) is 35.9 Å². The molecule has 30 heavy (non-hydrogen) atoms. The summed E-state index contributed by atoms with van der Waals surface area (Å²) in [4.78, 5) is 36.7. The molecule has 0 atom stereocenters. The summed E-state index contributed by atoms with van der Waals surface area (Å²) in [6, 6.07) is 15.0. The lowest BCUT2D eigenvalue weighted by Crippen LogP contribution is -2.48. The summed E-state index contributed by atoms with van der Waals surface area (Å²) >= 11 is 5.80. The molecule has 3 N–H and O–H groups in total. The molecule has 0 spiro atoms. The highest BCUT2D eigenvalue weighted by Crippen LogP contribution is 2.09. The number of halogens is 2. The lowest BCUT2D eigenvalue weighted by atomic mass is 10.2. The van der Waals surface area contributed by atoms with Crippen LogP contribution in [0.1, 0.15) is 21.5 Å². The van der Waals surface area contributed by atoms with E-state index in [1.807, 2.05) is 0 Å². The Labute approximate surface area is 176 Å². The molecule has 2 aromatic carbocycles. The highest BCUT2D eigenvalue weighted by Gasteiger charge is 2.13. The number of carbonyl (C=O) groups is 2. The highest BCUT2D eigenvalue weighted by atomic mass is 35.5. The van der Waals surface area contributed by atoms with Crippen LogP contribution >= 0.6 is 11.6 Å². The number of hydrazine groups is 1. The minimum absolute atomic E-state index is 0.104. The average molecular weight is 429 g/mol. The van der Waals surface area contributed by atoms with E-state index in [1.54, 1.807) is 36.4 Å². The Morgan fingerprint density at radius 3 is 2.47 bits per heavy atom. The first kappa shape index (κ1) is 21.1. The number of hydrogen-bond donors (Lipinski definition) is 3. The molecule has 7 nitrogen and oxygen atoms in total. The van der Waals surface area contributed by atoms with Crippen LogP contribution in [0.15, 0.2) is 71.7 Å². The van der Waals surface area contributed by atoms with Crippen molar-refractivity contribution in [3.8, 4) is 0 Å². The lowest BCUT2D eigenvalue weighted by Gasteiger charge is -2.11. The maximum Gasteiger partial charge on any atom is 0.333 e. The smallest absolute Gasteiger partial charge is 0.333 e. The Balaban J connectivity index is 1.58.